The number of anilines is 1. The summed E-state index contributed by atoms with van der Waals surface area (Å²) in [6, 6.07) is 7.32. The summed E-state index contributed by atoms with van der Waals surface area (Å²) >= 11 is 1.66. The molecule has 5 nitrogen and oxygen atoms in total. The zero-order valence-electron chi connectivity index (χ0n) is 12.8. The molecule has 0 bridgehead atoms. The Morgan fingerprint density at radius 1 is 1.27 bits per heavy atom. The Kier molecular flexibility index (Phi) is 4.29. The van der Waals surface area contributed by atoms with Crippen molar-refractivity contribution in [1.82, 2.24) is 9.88 Å². The minimum atomic E-state index is 0.0638. The highest BCUT2D eigenvalue weighted by Gasteiger charge is 2.23. The van der Waals surface area contributed by atoms with E-state index >= 15 is 0 Å². The van der Waals surface area contributed by atoms with Crippen molar-refractivity contribution in [3.63, 3.8) is 0 Å². The largest absolute Gasteiger partial charge is 0.497 e. The minimum absolute atomic E-state index is 0.0638. The number of methoxy groups -OCH3 is 1. The van der Waals surface area contributed by atoms with Crippen molar-refractivity contribution >= 4 is 22.4 Å². The molecule has 0 N–H and O–H groups in total. The average molecular weight is 317 g/mol. The van der Waals surface area contributed by atoms with Gasteiger partial charge in [-0.15, -0.1) is 11.3 Å². The van der Waals surface area contributed by atoms with Crippen LogP contribution in [0, 0.1) is 6.92 Å². The molecule has 3 rings (SSSR count). The van der Waals surface area contributed by atoms with Gasteiger partial charge in [-0.05, 0) is 25.1 Å². The number of hydrogen-bond donors (Lipinski definition) is 0. The van der Waals surface area contributed by atoms with Crippen LogP contribution in [0.2, 0.25) is 0 Å². The predicted molar refractivity (Wildman–Crippen MR) is 88.0 cm³/mol. The van der Waals surface area contributed by atoms with Gasteiger partial charge in [-0.3, -0.25) is 4.79 Å². The number of hydrogen-bond acceptors (Lipinski definition) is 5. The lowest BCUT2D eigenvalue weighted by atomic mass is 10.1. The van der Waals surface area contributed by atoms with Crippen molar-refractivity contribution in [3.8, 4) is 5.75 Å². The van der Waals surface area contributed by atoms with Gasteiger partial charge in [-0.1, -0.05) is 6.07 Å². The molecule has 1 fully saturated rings. The fourth-order valence-corrected chi connectivity index (χ4v) is 3.38. The van der Waals surface area contributed by atoms with Gasteiger partial charge in [0.05, 0.1) is 12.8 Å². The first-order chi connectivity index (χ1) is 10.7. The minimum Gasteiger partial charge on any atom is -0.497 e. The highest BCUT2D eigenvalue weighted by molar-refractivity contribution is 7.13. The van der Waals surface area contributed by atoms with Crippen molar-refractivity contribution in [1.29, 1.82) is 0 Å². The van der Waals surface area contributed by atoms with E-state index in [0.717, 1.165) is 23.9 Å². The Labute approximate surface area is 134 Å². The summed E-state index contributed by atoms with van der Waals surface area (Å²) in [5.41, 5.74) is 1.73. The van der Waals surface area contributed by atoms with Crippen LogP contribution in [0.25, 0.3) is 0 Å². The first-order valence-corrected chi connectivity index (χ1v) is 8.16. The molecule has 1 aliphatic heterocycles. The number of amides is 1. The zero-order valence-corrected chi connectivity index (χ0v) is 13.6. The van der Waals surface area contributed by atoms with Crippen molar-refractivity contribution in [3.05, 3.63) is 40.9 Å². The molecule has 0 radical (unpaired) electrons. The first-order valence-electron chi connectivity index (χ1n) is 7.28. The summed E-state index contributed by atoms with van der Waals surface area (Å²) in [6.07, 6.45) is 0. The van der Waals surface area contributed by atoms with E-state index in [1.807, 2.05) is 30.0 Å². The van der Waals surface area contributed by atoms with Crippen LogP contribution >= 0.6 is 11.3 Å². The fourth-order valence-electron chi connectivity index (χ4n) is 2.53. The van der Waals surface area contributed by atoms with Crippen LogP contribution in [0.15, 0.2) is 29.6 Å². The van der Waals surface area contributed by atoms with Gasteiger partial charge in [0.1, 0.15) is 5.75 Å². The third kappa shape index (κ3) is 3.06. The normalized spacial score (nSPS) is 15.0. The quantitative estimate of drug-likeness (QED) is 0.872. The van der Waals surface area contributed by atoms with Crippen LogP contribution < -0.4 is 9.64 Å². The molecule has 0 saturated carbocycles. The van der Waals surface area contributed by atoms with E-state index in [1.54, 1.807) is 24.5 Å². The summed E-state index contributed by atoms with van der Waals surface area (Å²) in [6.45, 7) is 5.08. The van der Waals surface area contributed by atoms with E-state index in [9.17, 15) is 4.79 Å². The molecule has 1 amide bonds. The SMILES string of the molecule is COc1cccc(C(=O)N2CCN(c3nc(C)cs3)CC2)c1. The lowest BCUT2D eigenvalue weighted by molar-refractivity contribution is 0.0746. The number of thiazole rings is 1. The number of aryl methyl sites for hydroxylation is 1. The highest BCUT2D eigenvalue weighted by atomic mass is 32.1. The smallest absolute Gasteiger partial charge is 0.254 e. The molecular weight excluding hydrogens is 298 g/mol. The maximum absolute atomic E-state index is 12.6. The molecule has 0 spiro atoms. The summed E-state index contributed by atoms with van der Waals surface area (Å²) in [5.74, 6) is 0.775. The standard InChI is InChI=1S/C16H19N3O2S/c1-12-11-22-16(17-12)19-8-6-18(7-9-19)15(20)13-4-3-5-14(10-13)21-2/h3-5,10-11H,6-9H2,1-2H3. The third-order valence-corrected chi connectivity index (χ3v) is 4.78. The van der Waals surface area contributed by atoms with Gasteiger partial charge in [0.25, 0.3) is 5.91 Å². The molecule has 6 heteroatoms. The van der Waals surface area contributed by atoms with Crippen molar-refractivity contribution in [2.45, 2.75) is 6.92 Å². The van der Waals surface area contributed by atoms with Crippen LogP contribution in [-0.4, -0.2) is 49.1 Å². The van der Waals surface area contributed by atoms with Gasteiger partial charge in [0.15, 0.2) is 5.13 Å². The molecule has 1 aromatic heterocycles. The number of piperazine rings is 1. The Morgan fingerprint density at radius 2 is 2.05 bits per heavy atom. The van der Waals surface area contributed by atoms with Gasteiger partial charge in [-0.25, -0.2) is 4.98 Å². The number of benzene rings is 1. The average Bonchev–Trinajstić information content (AvgIpc) is 3.01. The van der Waals surface area contributed by atoms with Crippen molar-refractivity contribution < 1.29 is 9.53 Å². The zero-order chi connectivity index (χ0) is 15.5. The number of carbonyl (C=O) groups is 1. The number of ether oxygens (including phenoxy) is 1. The van der Waals surface area contributed by atoms with Gasteiger partial charge in [-0.2, -0.15) is 0 Å². The molecule has 0 aliphatic carbocycles. The van der Waals surface area contributed by atoms with Crippen molar-refractivity contribution in [2.24, 2.45) is 0 Å². The molecule has 0 unspecified atom stereocenters. The molecule has 1 saturated heterocycles. The number of rotatable bonds is 3. The summed E-state index contributed by atoms with van der Waals surface area (Å²) < 4.78 is 5.18. The Morgan fingerprint density at radius 3 is 2.68 bits per heavy atom. The maximum atomic E-state index is 12.6. The highest BCUT2D eigenvalue weighted by Crippen LogP contribution is 2.22. The number of aromatic nitrogens is 1. The number of carbonyl (C=O) groups excluding carboxylic acids is 1. The second-order valence-corrected chi connectivity index (χ2v) is 6.12. The molecule has 2 heterocycles. The van der Waals surface area contributed by atoms with Gasteiger partial charge >= 0.3 is 0 Å². The number of nitrogens with zero attached hydrogens (tertiary/aromatic N) is 3. The fraction of sp³-hybridized carbons (Fsp3) is 0.375. The van der Waals surface area contributed by atoms with Crippen LogP contribution in [0.5, 0.6) is 5.75 Å². The second-order valence-electron chi connectivity index (χ2n) is 5.28. The Hall–Kier alpha value is -2.08. The lowest BCUT2D eigenvalue weighted by Gasteiger charge is -2.34. The van der Waals surface area contributed by atoms with Crippen LogP contribution in [0.4, 0.5) is 5.13 Å². The summed E-state index contributed by atoms with van der Waals surface area (Å²) in [7, 11) is 1.61. The Bertz CT molecular complexity index is 663. The molecular formula is C16H19N3O2S. The molecule has 116 valence electrons. The topological polar surface area (TPSA) is 45.7 Å². The monoisotopic (exact) mass is 317 g/mol. The van der Waals surface area contributed by atoms with E-state index in [4.69, 9.17) is 4.74 Å². The molecule has 1 aromatic carbocycles. The van der Waals surface area contributed by atoms with E-state index in [-0.39, 0.29) is 5.91 Å². The molecule has 2 aromatic rings. The van der Waals surface area contributed by atoms with Gasteiger partial charge in [0.2, 0.25) is 0 Å². The lowest BCUT2D eigenvalue weighted by Crippen LogP contribution is -2.48. The maximum Gasteiger partial charge on any atom is 0.254 e. The predicted octanol–water partition coefficient (Wildman–Crippen LogP) is 2.42. The summed E-state index contributed by atoms with van der Waals surface area (Å²) in [5, 5.41) is 3.11. The van der Waals surface area contributed by atoms with Crippen LogP contribution in [-0.2, 0) is 0 Å². The summed E-state index contributed by atoms with van der Waals surface area (Å²) in [4.78, 5) is 21.2. The van der Waals surface area contributed by atoms with E-state index in [0.29, 0.717) is 24.4 Å². The molecule has 1 aliphatic rings. The third-order valence-electron chi connectivity index (χ3n) is 3.76. The van der Waals surface area contributed by atoms with Crippen molar-refractivity contribution in [2.75, 3.05) is 38.2 Å². The first kappa shape index (κ1) is 14.8. The van der Waals surface area contributed by atoms with Crippen LogP contribution in [0.1, 0.15) is 16.1 Å². The van der Waals surface area contributed by atoms with E-state index in [1.165, 1.54) is 0 Å². The van der Waals surface area contributed by atoms with E-state index < -0.39 is 0 Å². The van der Waals surface area contributed by atoms with Crippen LogP contribution in [0.3, 0.4) is 0 Å². The molecule has 22 heavy (non-hydrogen) atoms. The van der Waals surface area contributed by atoms with Gasteiger partial charge in [0, 0.05) is 37.1 Å². The van der Waals surface area contributed by atoms with Gasteiger partial charge < -0.3 is 14.5 Å². The Balaban J connectivity index is 1.64. The second kappa shape index (κ2) is 6.36. The van der Waals surface area contributed by atoms with E-state index in [2.05, 4.69) is 15.3 Å². The molecule has 0 atom stereocenters.